The summed E-state index contributed by atoms with van der Waals surface area (Å²) in [5.74, 6) is 0.621. The maximum absolute atomic E-state index is 12.6. The molecule has 1 saturated heterocycles. The molecule has 0 bridgehead atoms. The van der Waals surface area contributed by atoms with Crippen molar-refractivity contribution in [2.75, 3.05) is 20.1 Å². The lowest BCUT2D eigenvalue weighted by atomic mass is 9.91. The molecule has 1 heterocycles. The molecule has 1 saturated carbocycles. The van der Waals surface area contributed by atoms with Crippen molar-refractivity contribution in [2.24, 2.45) is 11.3 Å². The molecule has 114 valence electrons. The van der Waals surface area contributed by atoms with E-state index in [9.17, 15) is 4.79 Å². The number of hydrogen-bond donors (Lipinski definition) is 1. The SMILES string of the molecule is CCc1ccc(CN(C)C(=O)C2CC23CCNCC3)cc1. The molecule has 2 fully saturated rings. The first-order chi connectivity index (χ1) is 10.1. The zero-order valence-corrected chi connectivity index (χ0v) is 13.2. The lowest BCUT2D eigenvalue weighted by Gasteiger charge is -2.25. The topological polar surface area (TPSA) is 32.3 Å². The standard InChI is InChI=1S/C18H26N2O/c1-3-14-4-6-15(7-5-14)13-20(2)17(21)16-12-18(16)8-10-19-11-9-18/h4-7,16,19H,3,8-13H2,1-2H3. The van der Waals surface area contributed by atoms with Gasteiger partial charge in [-0.05, 0) is 55.3 Å². The number of nitrogens with one attached hydrogen (secondary N) is 1. The lowest BCUT2D eigenvalue weighted by molar-refractivity contribution is -0.132. The third-order valence-corrected chi connectivity index (χ3v) is 5.31. The predicted octanol–water partition coefficient (Wildman–Crippen LogP) is 2.60. The second-order valence-corrected chi connectivity index (χ2v) is 6.73. The number of hydrogen-bond acceptors (Lipinski definition) is 2. The van der Waals surface area contributed by atoms with Crippen LogP contribution in [0.4, 0.5) is 0 Å². The Hall–Kier alpha value is -1.35. The third kappa shape index (κ3) is 2.98. The number of amides is 1. The van der Waals surface area contributed by atoms with Crippen molar-refractivity contribution in [1.82, 2.24) is 10.2 Å². The number of carbonyl (C=O) groups is 1. The van der Waals surface area contributed by atoms with Gasteiger partial charge in [-0.25, -0.2) is 0 Å². The van der Waals surface area contributed by atoms with Gasteiger partial charge in [0.1, 0.15) is 0 Å². The first-order valence-corrected chi connectivity index (χ1v) is 8.18. The van der Waals surface area contributed by atoms with Gasteiger partial charge in [-0.1, -0.05) is 31.2 Å². The van der Waals surface area contributed by atoms with Crippen LogP contribution in [0.15, 0.2) is 24.3 Å². The van der Waals surface area contributed by atoms with E-state index in [4.69, 9.17) is 0 Å². The smallest absolute Gasteiger partial charge is 0.226 e. The van der Waals surface area contributed by atoms with E-state index in [1.165, 1.54) is 24.0 Å². The van der Waals surface area contributed by atoms with E-state index in [0.717, 1.165) is 32.5 Å². The Bertz CT molecular complexity index is 502. The minimum atomic E-state index is 0.277. The lowest BCUT2D eigenvalue weighted by Crippen LogP contribution is -2.34. The van der Waals surface area contributed by atoms with E-state index in [1.54, 1.807) is 0 Å². The second-order valence-electron chi connectivity index (χ2n) is 6.73. The summed E-state index contributed by atoms with van der Waals surface area (Å²) < 4.78 is 0. The van der Waals surface area contributed by atoms with Crippen LogP contribution in [0.2, 0.25) is 0 Å². The molecule has 1 N–H and O–H groups in total. The fourth-order valence-corrected chi connectivity index (χ4v) is 3.67. The number of rotatable bonds is 4. The van der Waals surface area contributed by atoms with Crippen LogP contribution in [0.3, 0.4) is 0 Å². The zero-order valence-electron chi connectivity index (χ0n) is 13.2. The van der Waals surface area contributed by atoms with Crippen molar-refractivity contribution < 1.29 is 4.79 Å². The fourth-order valence-electron chi connectivity index (χ4n) is 3.67. The van der Waals surface area contributed by atoms with Crippen LogP contribution in [0, 0.1) is 11.3 Å². The first kappa shape index (κ1) is 14.6. The number of nitrogens with zero attached hydrogens (tertiary/aromatic N) is 1. The molecule has 1 atom stereocenters. The molecule has 1 amide bonds. The van der Waals surface area contributed by atoms with Gasteiger partial charge in [0, 0.05) is 19.5 Å². The maximum atomic E-state index is 12.6. The fraction of sp³-hybridized carbons (Fsp3) is 0.611. The molecular weight excluding hydrogens is 260 g/mol. The van der Waals surface area contributed by atoms with Crippen LogP contribution >= 0.6 is 0 Å². The zero-order chi connectivity index (χ0) is 14.9. The van der Waals surface area contributed by atoms with E-state index >= 15 is 0 Å². The monoisotopic (exact) mass is 286 g/mol. The van der Waals surface area contributed by atoms with Crippen molar-refractivity contribution in [1.29, 1.82) is 0 Å². The van der Waals surface area contributed by atoms with Gasteiger partial charge < -0.3 is 10.2 Å². The maximum Gasteiger partial charge on any atom is 0.226 e. The normalized spacial score (nSPS) is 23.0. The molecule has 3 heteroatoms. The van der Waals surface area contributed by atoms with Crippen molar-refractivity contribution >= 4 is 5.91 Å². The van der Waals surface area contributed by atoms with Crippen LogP contribution in [0.25, 0.3) is 0 Å². The molecule has 3 rings (SSSR count). The highest BCUT2D eigenvalue weighted by molar-refractivity contribution is 5.82. The van der Waals surface area contributed by atoms with Gasteiger partial charge in [0.15, 0.2) is 0 Å². The van der Waals surface area contributed by atoms with Crippen molar-refractivity contribution in [3.05, 3.63) is 35.4 Å². The molecule has 2 aliphatic rings. The highest BCUT2D eigenvalue weighted by Gasteiger charge is 2.58. The molecule has 1 aliphatic carbocycles. The Morgan fingerprint density at radius 2 is 1.86 bits per heavy atom. The minimum Gasteiger partial charge on any atom is -0.341 e. The van der Waals surface area contributed by atoms with Gasteiger partial charge in [-0.3, -0.25) is 4.79 Å². The van der Waals surface area contributed by atoms with E-state index in [2.05, 4.69) is 36.5 Å². The summed E-state index contributed by atoms with van der Waals surface area (Å²) >= 11 is 0. The van der Waals surface area contributed by atoms with E-state index in [1.807, 2.05) is 11.9 Å². The second kappa shape index (κ2) is 5.80. The van der Waals surface area contributed by atoms with Gasteiger partial charge in [0.25, 0.3) is 0 Å². The Morgan fingerprint density at radius 3 is 2.48 bits per heavy atom. The molecule has 0 radical (unpaired) electrons. The van der Waals surface area contributed by atoms with Crippen molar-refractivity contribution in [2.45, 2.75) is 39.2 Å². The summed E-state index contributed by atoms with van der Waals surface area (Å²) in [4.78, 5) is 14.5. The van der Waals surface area contributed by atoms with Gasteiger partial charge >= 0.3 is 0 Å². The third-order valence-electron chi connectivity index (χ3n) is 5.31. The number of piperidine rings is 1. The van der Waals surface area contributed by atoms with Crippen LogP contribution in [-0.4, -0.2) is 30.9 Å². The average Bonchev–Trinajstić information content (AvgIpc) is 3.21. The molecule has 1 aliphatic heterocycles. The average molecular weight is 286 g/mol. The number of aryl methyl sites for hydroxylation is 1. The summed E-state index contributed by atoms with van der Waals surface area (Å²) in [5, 5.41) is 3.39. The molecule has 1 aromatic carbocycles. The number of carbonyl (C=O) groups excluding carboxylic acids is 1. The quantitative estimate of drug-likeness (QED) is 0.923. The predicted molar refractivity (Wildman–Crippen MR) is 84.9 cm³/mol. The van der Waals surface area contributed by atoms with Gasteiger partial charge in [0.05, 0.1) is 0 Å². The van der Waals surface area contributed by atoms with E-state index in [0.29, 0.717) is 11.3 Å². The Kier molecular flexibility index (Phi) is 4.03. The van der Waals surface area contributed by atoms with Crippen molar-refractivity contribution in [3.8, 4) is 0 Å². The molecule has 21 heavy (non-hydrogen) atoms. The minimum absolute atomic E-state index is 0.277. The van der Waals surface area contributed by atoms with E-state index in [-0.39, 0.29) is 5.92 Å². The summed E-state index contributed by atoms with van der Waals surface area (Å²) in [7, 11) is 1.95. The summed E-state index contributed by atoms with van der Waals surface area (Å²) in [6, 6.07) is 8.63. The molecule has 0 aromatic heterocycles. The summed E-state index contributed by atoms with van der Waals surface area (Å²) in [6.45, 7) is 5.04. The Balaban J connectivity index is 1.57. The molecule has 1 spiro atoms. The van der Waals surface area contributed by atoms with Gasteiger partial charge in [-0.15, -0.1) is 0 Å². The Morgan fingerprint density at radius 1 is 1.24 bits per heavy atom. The molecule has 1 aromatic rings. The highest BCUT2D eigenvalue weighted by Crippen LogP contribution is 2.59. The van der Waals surface area contributed by atoms with Crippen LogP contribution in [-0.2, 0) is 17.8 Å². The van der Waals surface area contributed by atoms with E-state index < -0.39 is 0 Å². The van der Waals surface area contributed by atoms with Crippen molar-refractivity contribution in [3.63, 3.8) is 0 Å². The van der Waals surface area contributed by atoms with Crippen LogP contribution in [0.1, 0.15) is 37.3 Å². The largest absolute Gasteiger partial charge is 0.341 e. The van der Waals surface area contributed by atoms with Gasteiger partial charge in [-0.2, -0.15) is 0 Å². The van der Waals surface area contributed by atoms with Crippen LogP contribution in [0.5, 0.6) is 0 Å². The molecule has 1 unspecified atom stereocenters. The van der Waals surface area contributed by atoms with Gasteiger partial charge in [0.2, 0.25) is 5.91 Å². The summed E-state index contributed by atoms with van der Waals surface area (Å²) in [5.41, 5.74) is 2.91. The summed E-state index contributed by atoms with van der Waals surface area (Å²) in [6.07, 6.45) is 4.51. The van der Waals surface area contributed by atoms with Crippen LogP contribution < -0.4 is 5.32 Å². The first-order valence-electron chi connectivity index (χ1n) is 8.18. The Labute approximate surface area is 127 Å². The highest BCUT2D eigenvalue weighted by atomic mass is 16.2. The molecule has 3 nitrogen and oxygen atoms in total. The molecular formula is C18H26N2O. The number of benzene rings is 1.